The molecule has 0 radical (unpaired) electrons. The van der Waals surface area contributed by atoms with Crippen molar-refractivity contribution in [3.05, 3.63) is 0 Å². The monoisotopic (exact) mass is 283 g/mol. The summed E-state index contributed by atoms with van der Waals surface area (Å²) in [6.07, 6.45) is 7.48. The Balaban J connectivity index is 2.88. The second-order valence-electron chi connectivity index (χ2n) is 5.77. The third kappa shape index (κ3) is 3.64. The molecule has 116 valence electrons. The fraction of sp³-hybridized carbons (Fsp3) is 0.867. The maximum absolute atomic E-state index is 12.9. The molecule has 1 aliphatic rings. The summed E-state index contributed by atoms with van der Waals surface area (Å²) in [6.45, 7) is 5.79. The van der Waals surface area contributed by atoms with Gasteiger partial charge in [0, 0.05) is 13.1 Å². The number of hydrogen-bond donors (Lipinski definition) is 2. The van der Waals surface area contributed by atoms with Gasteiger partial charge >= 0.3 is 0 Å². The van der Waals surface area contributed by atoms with Crippen LogP contribution in [0.3, 0.4) is 0 Å². The molecule has 0 spiro atoms. The van der Waals surface area contributed by atoms with E-state index < -0.39 is 5.41 Å². The van der Waals surface area contributed by atoms with Crippen molar-refractivity contribution >= 4 is 11.7 Å². The highest BCUT2D eigenvalue weighted by molar-refractivity contribution is 6.07. The van der Waals surface area contributed by atoms with E-state index >= 15 is 0 Å². The van der Waals surface area contributed by atoms with Crippen LogP contribution >= 0.6 is 0 Å². The van der Waals surface area contributed by atoms with Crippen LogP contribution < -0.4 is 5.73 Å². The van der Waals surface area contributed by atoms with Crippen molar-refractivity contribution in [2.24, 2.45) is 16.3 Å². The summed E-state index contributed by atoms with van der Waals surface area (Å²) in [6, 6.07) is 0. The maximum atomic E-state index is 12.9. The average Bonchev–Trinajstić information content (AvgIpc) is 2.96. The third-order valence-corrected chi connectivity index (χ3v) is 4.31. The van der Waals surface area contributed by atoms with Crippen LogP contribution in [-0.4, -0.2) is 34.9 Å². The number of amides is 1. The highest BCUT2D eigenvalue weighted by atomic mass is 16.4. The zero-order chi connectivity index (χ0) is 15.0. The first kappa shape index (κ1) is 16.8. The van der Waals surface area contributed by atoms with Crippen LogP contribution in [0.1, 0.15) is 65.2 Å². The number of carbonyl (C=O) groups is 1. The molecule has 0 aromatic carbocycles. The molecule has 5 nitrogen and oxygen atoms in total. The van der Waals surface area contributed by atoms with Crippen LogP contribution in [0, 0.1) is 5.41 Å². The number of rotatable bonds is 8. The predicted molar refractivity (Wildman–Crippen MR) is 80.7 cm³/mol. The molecule has 1 fully saturated rings. The van der Waals surface area contributed by atoms with Crippen molar-refractivity contribution in [3.63, 3.8) is 0 Å². The summed E-state index contributed by atoms with van der Waals surface area (Å²) in [5, 5.41) is 12.2. The van der Waals surface area contributed by atoms with Crippen molar-refractivity contribution in [2.75, 3.05) is 13.1 Å². The Morgan fingerprint density at radius 3 is 2.10 bits per heavy atom. The first-order valence-corrected chi connectivity index (χ1v) is 7.89. The molecule has 0 heterocycles. The van der Waals surface area contributed by atoms with E-state index in [1.54, 1.807) is 0 Å². The zero-order valence-corrected chi connectivity index (χ0v) is 12.9. The summed E-state index contributed by atoms with van der Waals surface area (Å²) in [7, 11) is 0. The predicted octanol–water partition coefficient (Wildman–Crippen LogP) is 2.72. The van der Waals surface area contributed by atoms with E-state index in [1.165, 1.54) is 0 Å². The highest BCUT2D eigenvalue weighted by Crippen LogP contribution is 2.40. The molecular weight excluding hydrogens is 254 g/mol. The molecule has 5 heteroatoms. The number of carbonyl (C=O) groups excluding carboxylic acids is 1. The lowest BCUT2D eigenvalue weighted by atomic mass is 9.83. The van der Waals surface area contributed by atoms with E-state index in [0.717, 1.165) is 51.6 Å². The van der Waals surface area contributed by atoms with Gasteiger partial charge < -0.3 is 15.8 Å². The number of hydrogen-bond acceptors (Lipinski definition) is 3. The van der Waals surface area contributed by atoms with E-state index in [4.69, 9.17) is 10.9 Å². The Morgan fingerprint density at radius 1 is 1.20 bits per heavy atom. The number of oxime groups is 1. The number of unbranched alkanes of at least 4 members (excludes halogenated alkanes) is 2. The molecule has 0 aromatic heterocycles. The Hall–Kier alpha value is -1.26. The smallest absolute Gasteiger partial charge is 0.236 e. The second kappa shape index (κ2) is 8.12. The maximum Gasteiger partial charge on any atom is 0.236 e. The summed E-state index contributed by atoms with van der Waals surface area (Å²) in [5.74, 6) is 0.158. The zero-order valence-electron chi connectivity index (χ0n) is 12.9. The van der Waals surface area contributed by atoms with Gasteiger partial charge in [-0.2, -0.15) is 0 Å². The number of amidine groups is 1. The molecule has 20 heavy (non-hydrogen) atoms. The van der Waals surface area contributed by atoms with Crippen molar-refractivity contribution in [3.8, 4) is 0 Å². The van der Waals surface area contributed by atoms with E-state index in [0.29, 0.717) is 12.8 Å². The first-order valence-electron chi connectivity index (χ1n) is 7.89. The van der Waals surface area contributed by atoms with Crippen molar-refractivity contribution in [2.45, 2.75) is 65.2 Å². The molecule has 0 saturated heterocycles. The Labute approximate surface area is 122 Å². The molecule has 1 saturated carbocycles. The summed E-state index contributed by atoms with van der Waals surface area (Å²) in [5.41, 5.74) is 5.11. The lowest BCUT2D eigenvalue weighted by molar-refractivity contribution is -0.138. The first-order chi connectivity index (χ1) is 9.62. The van der Waals surface area contributed by atoms with Crippen LogP contribution in [0.25, 0.3) is 0 Å². The van der Waals surface area contributed by atoms with Gasteiger partial charge in [0.15, 0.2) is 5.84 Å². The van der Waals surface area contributed by atoms with E-state index in [-0.39, 0.29) is 11.7 Å². The standard InChI is InChI=1S/C15H29N3O2/c1-3-5-11-18(12-6-4-2)14(19)15(13(16)17-20)9-7-8-10-15/h20H,3-12H2,1-2H3,(H2,16,17). The molecule has 0 unspecified atom stereocenters. The van der Waals surface area contributed by atoms with Crippen LogP contribution in [-0.2, 0) is 4.79 Å². The van der Waals surface area contributed by atoms with E-state index in [9.17, 15) is 4.79 Å². The quantitative estimate of drug-likeness (QED) is 0.311. The van der Waals surface area contributed by atoms with Gasteiger partial charge in [-0.05, 0) is 25.7 Å². The number of nitrogens with two attached hydrogens (primary N) is 1. The van der Waals surface area contributed by atoms with Crippen molar-refractivity contribution in [1.82, 2.24) is 4.90 Å². The Bertz CT molecular complexity index is 328. The summed E-state index contributed by atoms with van der Waals surface area (Å²) in [4.78, 5) is 14.9. The molecule has 0 aliphatic heterocycles. The third-order valence-electron chi connectivity index (χ3n) is 4.31. The van der Waals surface area contributed by atoms with Crippen molar-refractivity contribution in [1.29, 1.82) is 0 Å². The van der Waals surface area contributed by atoms with Gasteiger partial charge in [0.1, 0.15) is 5.41 Å². The Morgan fingerprint density at radius 2 is 1.70 bits per heavy atom. The normalized spacial score (nSPS) is 18.2. The topological polar surface area (TPSA) is 78.9 Å². The molecule has 0 atom stereocenters. The lowest BCUT2D eigenvalue weighted by Gasteiger charge is -2.33. The van der Waals surface area contributed by atoms with E-state index in [1.807, 2.05) is 4.90 Å². The SMILES string of the molecule is CCCCN(CCCC)C(=O)C1(C(N)=NO)CCCC1. The fourth-order valence-electron chi connectivity index (χ4n) is 2.97. The second-order valence-corrected chi connectivity index (χ2v) is 5.77. The van der Waals surface area contributed by atoms with Crippen LogP contribution in [0.15, 0.2) is 5.16 Å². The molecule has 1 rings (SSSR count). The molecule has 0 bridgehead atoms. The van der Waals surface area contributed by atoms with Crippen LogP contribution in [0.4, 0.5) is 0 Å². The van der Waals surface area contributed by atoms with Gasteiger partial charge in [0.25, 0.3) is 0 Å². The van der Waals surface area contributed by atoms with Gasteiger partial charge in [-0.3, -0.25) is 4.79 Å². The molecule has 0 aromatic rings. The molecular formula is C15H29N3O2. The van der Waals surface area contributed by atoms with Gasteiger partial charge in [0.05, 0.1) is 0 Å². The van der Waals surface area contributed by atoms with Crippen LogP contribution in [0.5, 0.6) is 0 Å². The van der Waals surface area contributed by atoms with Gasteiger partial charge in [-0.15, -0.1) is 0 Å². The van der Waals surface area contributed by atoms with E-state index in [2.05, 4.69) is 19.0 Å². The lowest BCUT2D eigenvalue weighted by Crippen LogP contribution is -2.50. The number of nitrogens with zero attached hydrogens (tertiary/aromatic N) is 2. The molecule has 3 N–H and O–H groups in total. The van der Waals surface area contributed by atoms with Gasteiger partial charge in [0.2, 0.25) is 5.91 Å². The van der Waals surface area contributed by atoms with Crippen molar-refractivity contribution < 1.29 is 10.0 Å². The van der Waals surface area contributed by atoms with Crippen LogP contribution in [0.2, 0.25) is 0 Å². The largest absolute Gasteiger partial charge is 0.409 e. The minimum absolute atomic E-state index is 0.0622. The summed E-state index contributed by atoms with van der Waals surface area (Å²) >= 11 is 0. The summed E-state index contributed by atoms with van der Waals surface area (Å²) < 4.78 is 0. The molecule has 1 amide bonds. The minimum Gasteiger partial charge on any atom is -0.409 e. The minimum atomic E-state index is -0.754. The van der Waals surface area contributed by atoms with Gasteiger partial charge in [-0.25, -0.2) is 0 Å². The highest BCUT2D eigenvalue weighted by Gasteiger charge is 2.47. The van der Waals surface area contributed by atoms with Gasteiger partial charge in [-0.1, -0.05) is 44.7 Å². The fourth-order valence-corrected chi connectivity index (χ4v) is 2.97. The average molecular weight is 283 g/mol. The molecule has 1 aliphatic carbocycles. The Kier molecular flexibility index (Phi) is 6.82.